The van der Waals surface area contributed by atoms with Crippen LogP contribution in [0, 0.1) is 13.8 Å². The van der Waals surface area contributed by atoms with Gasteiger partial charge in [0, 0.05) is 17.6 Å². The molecule has 0 fully saturated rings. The van der Waals surface area contributed by atoms with E-state index in [2.05, 4.69) is 31.3 Å². The van der Waals surface area contributed by atoms with Crippen LogP contribution < -0.4 is 15.8 Å². The van der Waals surface area contributed by atoms with Gasteiger partial charge in [-0.25, -0.2) is 0 Å². The van der Waals surface area contributed by atoms with Crippen molar-refractivity contribution >= 4 is 0 Å². The highest BCUT2D eigenvalue weighted by Gasteiger charge is 2.17. The van der Waals surface area contributed by atoms with E-state index in [1.165, 1.54) is 16.7 Å². The van der Waals surface area contributed by atoms with Crippen molar-refractivity contribution in [1.29, 1.82) is 0 Å². The van der Waals surface area contributed by atoms with Gasteiger partial charge in [-0.05, 0) is 51.4 Å². The van der Waals surface area contributed by atoms with Gasteiger partial charge in [-0.1, -0.05) is 6.07 Å². The fourth-order valence-electron chi connectivity index (χ4n) is 2.03. The summed E-state index contributed by atoms with van der Waals surface area (Å²) in [6, 6.07) is 4.69. The monoisotopic (exact) mass is 236 g/mol. The fraction of sp³-hybridized carbons (Fsp3) is 0.571. The van der Waals surface area contributed by atoms with Crippen molar-refractivity contribution in [2.45, 2.75) is 39.3 Å². The third-order valence-electron chi connectivity index (χ3n) is 3.18. The van der Waals surface area contributed by atoms with Crippen molar-refractivity contribution in [3.05, 3.63) is 28.8 Å². The molecule has 0 bridgehead atoms. The van der Waals surface area contributed by atoms with Gasteiger partial charge in [-0.15, -0.1) is 0 Å². The third kappa shape index (κ3) is 3.45. The molecule has 0 aliphatic carbocycles. The van der Waals surface area contributed by atoms with Crippen molar-refractivity contribution in [1.82, 2.24) is 5.32 Å². The average Bonchev–Trinajstić information content (AvgIpc) is 2.28. The highest BCUT2D eigenvalue weighted by atomic mass is 16.5. The summed E-state index contributed by atoms with van der Waals surface area (Å²) < 4.78 is 5.46. The maximum atomic E-state index is 5.88. The van der Waals surface area contributed by atoms with E-state index in [-0.39, 0.29) is 12.1 Å². The first-order valence-corrected chi connectivity index (χ1v) is 6.07. The number of hydrogen-bond donors (Lipinski definition) is 2. The van der Waals surface area contributed by atoms with Crippen molar-refractivity contribution < 1.29 is 4.74 Å². The number of nitrogens with two attached hydrogens (primary N) is 1. The zero-order valence-corrected chi connectivity index (χ0v) is 11.5. The van der Waals surface area contributed by atoms with Crippen LogP contribution in [0.1, 0.15) is 36.1 Å². The number of ether oxygens (including phenoxy) is 1. The van der Waals surface area contributed by atoms with E-state index in [0.29, 0.717) is 0 Å². The quantitative estimate of drug-likeness (QED) is 0.824. The smallest absolute Gasteiger partial charge is 0.123 e. The van der Waals surface area contributed by atoms with Gasteiger partial charge in [-0.3, -0.25) is 0 Å². The third-order valence-corrected chi connectivity index (χ3v) is 3.18. The molecule has 0 aliphatic rings. The Morgan fingerprint density at radius 2 is 1.88 bits per heavy atom. The van der Waals surface area contributed by atoms with E-state index in [0.717, 1.165) is 12.2 Å². The van der Waals surface area contributed by atoms with E-state index in [1.807, 2.05) is 14.0 Å². The molecule has 0 saturated carbocycles. The Morgan fingerprint density at radius 1 is 1.29 bits per heavy atom. The molecule has 1 aromatic carbocycles. The van der Waals surface area contributed by atoms with Gasteiger partial charge in [-0.2, -0.15) is 0 Å². The van der Waals surface area contributed by atoms with Gasteiger partial charge in [0.1, 0.15) is 5.75 Å². The van der Waals surface area contributed by atoms with Crippen molar-refractivity contribution in [3.63, 3.8) is 0 Å². The Morgan fingerprint density at radius 3 is 2.35 bits per heavy atom. The second-order valence-corrected chi connectivity index (χ2v) is 4.73. The molecule has 2 unspecified atom stereocenters. The van der Waals surface area contributed by atoms with Crippen LogP contribution in [0.5, 0.6) is 5.75 Å². The van der Waals surface area contributed by atoms with Crippen LogP contribution in [0.3, 0.4) is 0 Å². The highest BCUT2D eigenvalue weighted by molar-refractivity contribution is 5.43. The first kappa shape index (κ1) is 14.0. The second-order valence-electron chi connectivity index (χ2n) is 4.73. The first-order chi connectivity index (χ1) is 7.99. The largest absolute Gasteiger partial charge is 0.496 e. The minimum atomic E-state index is 0.166. The standard InChI is InChI=1S/C14H24N2O/c1-9-6-12(13(16-4)8-11(3)15)14(17-5)7-10(9)2/h6-7,11,13,16H,8,15H2,1-5H3. The summed E-state index contributed by atoms with van der Waals surface area (Å²) in [5.74, 6) is 0.938. The van der Waals surface area contributed by atoms with Crippen LogP contribution in [0.4, 0.5) is 0 Å². The second kappa shape index (κ2) is 6.03. The number of rotatable bonds is 5. The molecule has 0 heterocycles. The van der Waals surface area contributed by atoms with E-state index >= 15 is 0 Å². The molecule has 3 N–H and O–H groups in total. The molecule has 0 spiro atoms. The Balaban J connectivity index is 3.12. The number of nitrogens with one attached hydrogen (secondary N) is 1. The summed E-state index contributed by atoms with van der Waals surface area (Å²) in [7, 11) is 3.67. The lowest BCUT2D eigenvalue weighted by Crippen LogP contribution is -2.26. The van der Waals surface area contributed by atoms with Crippen LogP contribution in [-0.2, 0) is 0 Å². The Bertz CT molecular complexity index is 375. The maximum Gasteiger partial charge on any atom is 0.123 e. The Labute approximate surface area is 104 Å². The number of aryl methyl sites for hydroxylation is 2. The normalized spacial score (nSPS) is 14.5. The topological polar surface area (TPSA) is 47.3 Å². The minimum Gasteiger partial charge on any atom is -0.496 e. The lowest BCUT2D eigenvalue weighted by molar-refractivity contribution is 0.394. The molecule has 2 atom stereocenters. The lowest BCUT2D eigenvalue weighted by atomic mass is 9.96. The molecule has 0 amide bonds. The van der Waals surface area contributed by atoms with E-state index in [4.69, 9.17) is 10.5 Å². The minimum absolute atomic E-state index is 0.166. The first-order valence-electron chi connectivity index (χ1n) is 6.07. The van der Waals surface area contributed by atoms with E-state index in [1.54, 1.807) is 7.11 Å². The molecular weight excluding hydrogens is 212 g/mol. The van der Waals surface area contributed by atoms with Crippen LogP contribution in [0.2, 0.25) is 0 Å². The number of hydrogen-bond acceptors (Lipinski definition) is 3. The lowest BCUT2D eigenvalue weighted by Gasteiger charge is -2.22. The average molecular weight is 236 g/mol. The molecule has 17 heavy (non-hydrogen) atoms. The summed E-state index contributed by atoms with van der Waals surface area (Å²) in [5.41, 5.74) is 9.61. The molecule has 1 rings (SSSR count). The number of benzene rings is 1. The van der Waals surface area contributed by atoms with Crippen LogP contribution in [0.25, 0.3) is 0 Å². The van der Waals surface area contributed by atoms with Crippen molar-refractivity contribution in [2.75, 3.05) is 14.2 Å². The SMILES string of the molecule is CNC(CC(C)N)c1cc(C)c(C)cc1OC. The van der Waals surface area contributed by atoms with Crippen LogP contribution in [0.15, 0.2) is 12.1 Å². The van der Waals surface area contributed by atoms with Gasteiger partial charge in [0.05, 0.1) is 7.11 Å². The fourth-order valence-corrected chi connectivity index (χ4v) is 2.03. The molecule has 3 heteroatoms. The zero-order valence-electron chi connectivity index (χ0n) is 11.5. The summed E-state index contributed by atoms with van der Waals surface area (Å²) in [6.07, 6.45) is 0.898. The Hall–Kier alpha value is -1.06. The van der Waals surface area contributed by atoms with E-state index in [9.17, 15) is 0 Å². The molecule has 0 aliphatic heterocycles. The molecule has 0 saturated heterocycles. The molecule has 3 nitrogen and oxygen atoms in total. The molecule has 96 valence electrons. The van der Waals surface area contributed by atoms with Gasteiger partial charge in [0.25, 0.3) is 0 Å². The summed E-state index contributed by atoms with van der Waals surface area (Å²) in [4.78, 5) is 0. The van der Waals surface area contributed by atoms with Crippen LogP contribution in [-0.4, -0.2) is 20.2 Å². The number of methoxy groups -OCH3 is 1. The molecular formula is C14H24N2O. The zero-order chi connectivity index (χ0) is 13.0. The predicted molar refractivity (Wildman–Crippen MR) is 72.5 cm³/mol. The maximum absolute atomic E-state index is 5.88. The summed E-state index contributed by atoms with van der Waals surface area (Å²) in [6.45, 7) is 6.25. The Kier molecular flexibility index (Phi) is 4.97. The molecule has 0 aromatic heterocycles. The van der Waals surface area contributed by atoms with Gasteiger partial charge in [0.2, 0.25) is 0 Å². The van der Waals surface area contributed by atoms with Gasteiger partial charge < -0.3 is 15.8 Å². The van der Waals surface area contributed by atoms with Crippen LogP contribution >= 0.6 is 0 Å². The summed E-state index contributed by atoms with van der Waals surface area (Å²) in [5, 5.41) is 3.31. The molecule has 0 radical (unpaired) electrons. The predicted octanol–water partition coefficient (Wildman–Crippen LogP) is 2.31. The van der Waals surface area contributed by atoms with Gasteiger partial charge >= 0.3 is 0 Å². The molecule has 1 aromatic rings. The van der Waals surface area contributed by atoms with Crippen molar-refractivity contribution in [3.8, 4) is 5.75 Å². The highest BCUT2D eigenvalue weighted by Crippen LogP contribution is 2.30. The van der Waals surface area contributed by atoms with Crippen molar-refractivity contribution in [2.24, 2.45) is 5.73 Å². The van der Waals surface area contributed by atoms with Gasteiger partial charge in [0.15, 0.2) is 0 Å². The van der Waals surface area contributed by atoms with E-state index < -0.39 is 0 Å². The summed E-state index contributed by atoms with van der Waals surface area (Å²) >= 11 is 0.